The van der Waals surface area contributed by atoms with Gasteiger partial charge in [0.1, 0.15) is 0 Å². The van der Waals surface area contributed by atoms with Gasteiger partial charge in [0.15, 0.2) is 5.78 Å². The summed E-state index contributed by atoms with van der Waals surface area (Å²) in [4.78, 5) is 23.2. The van der Waals surface area contributed by atoms with E-state index in [1.165, 1.54) is 0 Å². The quantitative estimate of drug-likeness (QED) is 0.470. The molecular weight excluding hydrogens is 362 g/mol. The van der Waals surface area contributed by atoms with Gasteiger partial charge in [-0.15, -0.1) is 0 Å². The number of carboxylic acid groups (broad SMARTS) is 1. The number of aliphatic hydroxyl groups excluding tert-OH is 1. The van der Waals surface area contributed by atoms with Gasteiger partial charge >= 0.3 is 5.97 Å². The third kappa shape index (κ3) is 6.20. The van der Waals surface area contributed by atoms with Crippen LogP contribution in [0, 0.1) is 5.92 Å². The topological polar surface area (TPSA) is 101 Å². The molecule has 27 heavy (non-hydrogen) atoms. The molecule has 0 unspecified atom stereocenters. The summed E-state index contributed by atoms with van der Waals surface area (Å²) in [6.45, 7) is 0. The van der Waals surface area contributed by atoms with Crippen LogP contribution in [-0.4, -0.2) is 39.9 Å². The minimum Gasteiger partial charge on any atom is -0.481 e. The Hall–Kier alpha value is -2.15. The number of thiol groups is 1. The van der Waals surface area contributed by atoms with E-state index in [-0.39, 0.29) is 24.4 Å². The summed E-state index contributed by atoms with van der Waals surface area (Å²) in [6, 6.07) is 13.1. The van der Waals surface area contributed by atoms with Crippen molar-refractivity contribution in [3.8, 4) is 0 Å². The van der Waals surface area contributed by atoms with Crippen LogP contribution in [0.15, 0.2) is 48.5 Å². The number of aliphatic carboxylic acids is 1. The van der Waals surface area contributed by atoms with Crippen LogP contribution < -0.4 is 5.73 Å². The van der Waals surface area contributed by atoms with Crippen LogP contribution in [0.2, 0.25) is 0 Å². The highest BCUT2D eigenvalue weighted by molar-refractivity contribution is 7.80. The second kappa shape index (κ2) is 10.3. The number of carboxylic acids is 1. The largest absolute Gasteiger partial charge is 0.481 e. The highest BCUT2D eigenvalue weighted by Crippen LogP contribution is 2.20. The number of nitrogens with two attached hydrogens (primary N) is 1. The zero-order valence-corrected chi connectivity index (χ0v) is 15.9. The maximum Gasteiger partial charge on any atom is 0.303 e. The zero-order valence-electron chi connectivity index (χ0n) is 15.0. The lowest BCUT2D eigenvalue weighted by atomic mass is 9.89. The Morgan fingerprint density at radius 1 is 1.15 bits per heavy atom. The predicted molar refractivity (Wildman–Crippen MR) is 111 cm³/mol. The molecule has 0 aliphatic heterocycles. The molecule has 0 aromatic heterocycles. The first kappa shape index (κ1) is 21.2. The van der Waals surface area contributed by atoms with Gasteiger partial charge in [0.25, 0.3) is 0 Å². The number of Topliss-reactive ketones (excluding diaryl/α,β-unsaturated/α-hetero) is 1. The summed E-state index contributed by atoms with van der Waals surface area (Å²) in [7, 11) is 0. The van der Waals surface area contributed by atoms with Crippen molar-refractivity contribution in [2.45, 2.75) is 31.4 Å². The molecule has 0 saturated carbocycles. The average molecular weight is 388 g/mol. The fourth-order valence-corrected chi connectivity index (χ4v) is 3.10. The maximum absolute atomic E-state index is 12.5. The molecule has 0 aliphatic rings. The number of hydrogen-bond acceptors (Lipinski definition) is 5. The SMILES string of the molecule is N[C@@H](CS)C(=O)[C@H](C=Cc1ccc2ccccc2c1)[C@@H](O)CCCC(=O)O. The molecule has 0 bridgehead atoms. The molecule has 0 saturated heterocycles. The molecule has 4 N–H and O–H groups in total. The molecule has 0 radical (unpaired) electrons. The Morgan fingerprint density at radius 2 is 1.85 bits per heavy atom. The van der Waals surface area contributed by atoms with Gasteiger partial charge in [0.2, 0.25) is 0 Å². The molecule has 0 aliphatic carbocycles. The molecule has 0 spiro atoms. The minimum absolute atomic E-state index is 0.0506. The molecular formula is C21H25NO4S. The molecule has 144 valence electrons. The van der Waals surface area contributed by atoms with Crippen LogP contribution in [0.1, 0.15) is 24.8 Å². The Balaban J connectivity index is 2.19. The average Bonchev–Trinajstić information content (AvgIpc) is 2.66. The van der Waals surface area contributed by atoms with Crippen molar-refractivity contribution in [3.63, 3.8) is 0 Å². The first-order valence-electron chi connectivity index (χ1n) is 8.89. The number of benzene rings is 2. The number of rotatable bonds is 10. The van der Waals surface area contributed by atoms with E-state index in [1.807, 2.05) is 42.5 Å². The van der Waals surface area contributed by atoms with Gasteiger partial charge < -0.3 is 15.9 Å². The van der Waals surface area contributed by atoms with Crippen molar-refractivity contribution in [3.05, 3.63) is 54.1 Å². The van der Waals surface area contributed by atoms with Gasteiger partial charge in [-0.05, 0) is 35.2 Å². The predicted octanol–water partition coefficient (Wildman–Crippen LogP) is 2.91. The Morgan fingerprint density at radius 3 is 2.52 bits per heavy atom. The summed E-state index contributed by atoms with van der Waals surface area (Å²) in [5.74, 6) is -1.85. The van der Waals surface area contributed by atoms with Gasteiger partial charge in [0.05, 0.1) is 18.1 Å². The van der Waals surface area contributed by atoms with E-state index < -0.39 is 24.0 Å². The maximum atomic E-state index is 12.5. The second-order valence-corrected chi connectivity index (χ2v) is 6.90. The van der Waals surface area contributed by atoms with Crippen LogP contribution in [0.4, 0.5) is 0 Å². The molecule has 5 nitrogen and oxygen atoms in total. The Kier molecular flexibility index (Phi) is 8.03. The van der Waals surface area contributed by atoms with Crippen LogP contribution in [-0.2, 0) is 9.59 Å². The summed E-state index contributed by atoms with van der Waals surface area (Å²) in [5.41, 5.74) is 6.72. The molecule has 2 aromatic rings. The molecule has 2 rings (SSSR count). The van der Waals surface area contributed by atoms with Crippen molar-refractivity contribution >= 4 is 41.2 Å². The highest BCUT2D eigenvalue weighted by Gasteiger charge is 2.27. The standard InChI is InChI=1S/C21H25NO4S/c22-18(13-27)21(26)17(19(23)6-3-7-20(24)25)11-9-14-8-10-15-4-1-2-5-16(15)12-14/h1-2,4-5,8-12,17-19,23,27H,3,6-7,13,22H2,(H,24,25)/t17-,18+,19+/m1/s1. The van der Waals surface area contributed by atoms with Gasteiger partial charge in [-0.2, -0.15) is 12.6 Å². The molecule has 0 heterocycles. The van der Waals surface area contributed by atoms with Gasteiger partial charge in [-0.25, -0.2) is 0 Å². The smallest absolute Gasteiger partial charge is 0.303 e. The van der Waals surface area contributed by atoms with Crippen LogP contribution in [0.25, 0.3) is 16.8 Å². The summed E-state index contributed by atoms with van der Waals surface area (Å²) < 4.78 is 0. The normalized spacial score (nSPS) is 14.9. The Labute approximate surface area is 164 Å². The number of fused-ring (bicyclic) bond motifs is 1. The van der Waals surface area contributed by atoms with Crippen molar-refractivity contribution < 1.29 is 19.8 Å². The number of carbonyl (C=O) groups is 2. The highest BCUT2D eigenvalue weighted by atomic mass is 32.1. The van der Waals surface area contributed by atoms with Crippen LogP contribution in [0.5, 0.6) is 0 Å². The van der Waals surface area contributed by atoms with Crippen LogP contribution in [0.3, 0.4) is 0 Å². The Bertz CT molecular complexity index is 821. The van der Waals surface area contributed by atoms with Crippen molar-refractivity contribution in [2.24, 2.45) is 11.7 Å². The number of hydrogen-bond donors (Lipinski definition) is 4. The van der Waals surface area contributed by atoms with E-state index in [0.29, 0.717) is 6.42 Å². The molecule has 3 atom stereocenters. The lowest BCUT2D eigenvalue weighted by Gasteiger charge is -2.21. The molecule has 2 aromatic carbocycles. The van der Waals surface area contributed by atoms with E-state index in [1.54, 1.807) is 12.2 Å². The van der Waals surface area contributed by atoms with E-state index in [4.69, 9.17) is 10.8 Å². The lowest BCUT2D eigenvalue weighted by molar-refractivity contribution is -0.137. The fourth-order valence-electron chi connectivity index (χ4n) is 2.92. The summed E-state index contributed by atoms with van der Waals surface area (Å²) >= 11 is 4.06. The molecule has 0 fully saturated rings. The summed E-state index contributed by atoms with van der Waals surface area (Å²) in [6.07, 6.45) is 2.91. The summed E-state index contributed by atoms with van der Waals surface area (Å²) in [5, 5.41) is 21.4. The van der Waals surface area contributed by atoms with E-state index >= 15 is 0 Å². The van der Waals surface area contributed by atoms with Crippen LogP contribution >= 0.6 is 12.6 Å². The van der Waals surface area contributed by atoms with E-state index in [9.17, 15) is 14.7 Å². The number of carbonyl (C=O) groups excluding carboxylic acids is 1. The first-order valence-corrected chi connectivity index (χ1v) is 9.52. The number of aliphatic hydroxyl groups is 1. The third-order valence-electron chi connectivity index (χ3n) is 4.47. The first-order chi connectivity index (χ1) is 12.9. The van der Waals surface area contributed by atoms with E-state index in [2.05, 4.69) is 12.6 Å². The monoisotopic (exact) mass is 387 g/mol. The fraction of sp³-hybridized carbons (Fsp3) is 0.333. The van der Waals surface area contributed by atoms with Gasteiger partial charge in [0, 0.05) is 12.2 Å². The van der Waals surface area contributed by atoms with Gasteiger partial charge in [-0.3, -0.25) is 9.59 Å². The minimum atomic E-state index is -0.987. The molecule has 0 amide bonds. The van der Waals surface area contributed by atoms with E-state index in [0.717, 1.165) is 16.3 Å². The van der Waals surface area contributed by atoms with Crippen molar-refractivity contribution in [1.29, 1.82) is 0 Å². The van der Waals surface area contributed by atoms with Crippen molar-refractivity contribution in [2.75, 3.05) is 5.75 Å². The number of ketones is 1. The van der Waals surface area contributed by atoms with Crippen molar-refractivity contribution in [1.82, 2.24) is 0 Å². The second-order valence-electron chi connectivity index (χ2n) is 6.54. The lowest BCUT2D eigenvalue weighted by Crippen LogP contribution is -2.41. The third-order valence-corrected chi connectivity index (χ3v) is 4.86. The molecule has 6 heteroatoms. The van der Waals surface area contributed by atoms with Gasteiger partial charge in [-0.1, -0.05) is 48.6 Å². The zero-order chi connectivity index (χ0) is 19.8.